The van der Waals surface area contributed by atoms with Crippen molar-refractivity contribution in [3.8, 4) is 5.75 Å². The molecule has 6 heteroatoms. The number of nitrogens with one attached hydrogen (secondary N) is 1. The lowest BCUT2D eigenvalue weighted by Gasteiger charge is -2.38. The quantitative estimate of drug-likeness (QED) is 0.635. The van der Waals surface area contributed by atoms with Crippen LogP contribution in [0.2, 0.25) is 0 Å². The Balaban J connectivity index is 1.58. The highest BCUT2D eigenvalue weighted by Gasteiger charge is 2.37. The first-order chi connectivity index (χ1) is 13.6. The Labute approximate surface area is 162 Å². The van der Waals surface area contributed by atoms with E-state index in [1.54, 1.807) is 12.1 Å². The van der Waals surface area contributed by atoms with E-state index < -0.39 is 11.9 Å². The number of aromatic carboxylic acids is 1. The van der Waals surface area contributed by atoms with Gasteiger partial charge in [0.2, 0.25) is 0 Å². The lowest BCUT2D eigenvalue weighted by Crippen LogP contribution is -2.30. The van der Waals surface area contributed by atoms with E-state index in [4.69, 9.17) is 4.74 Å². The minimum atomic E-state index is -1.16. The number of carbonyl (C=O) groups is 2. The predicted octanol–water partition coefficient (Wildman–Crippen LogP) is 2.43. The second-order valence-corrected chi connectivity index (χ2v) is 7.00. The average molecular weight is 378 g/mol. The SMILES string of the molecule is COC(=O)COc1ccc([C@@H]2Nc3ccc(C(=O)[O-])cc3[C@@H]3C=CC[C@@H]32)cc1. The summed E-state index contributed by atoms with van der Waals surface area (Å²) in [7, 11) is 1.32. The molecule has 0 saturated carbocycles. The highest BCUT2D eigenvalue weighted by atomic mass is 16.6. The summed E-state index contributed by atoms with van der Waals surface area (Å²) in [6, 6.07) is 12.8. The van der Waals surface area contributed by atoms with Gasteiger partial charge in [-0.2, -0.15) is 0 Å². The average Bonchev–Trinajstić information content (AvgIpc) is 3.21. The molecule has 6 nitrogen and oxygen atoms in total. The van der Waals surface area contributed by atoms with E-state index in [-0.39, 0.29) is 24.1 Å². The minimum absolute atomic E-state index is 0.0935. The van der Waals surface area contributed by atoms with Gasteiger partial charge in [-0.05, 0) is 53.3 Å². The zero-order valence-electron chi connectivity index (χ0n) is 15.4. The van der Waals surface area contributed by atoms with Crippen molar-refractivity contribution in [2.75, 3.05) is 19.0 Å². The topological polar surface area (TPSA) is 87.7 Å². The first-order valence-corrected chi connectivity index (χ1v) is 9.15. The Hall–Kier alpha value is -3.28. The maximum Gasteiger partial charge on any atom is 0.343 e. The van der Waals surface area contributed by atoms with Crippen LogP contribution in [0.15, 0.2) is 54.6 Å². The van der Waals surface area contributed by atoms with Crippen LogP contribution in [0.4, 0.5) is 5.69 Å². The van der Waals surface area contributed by atoms with Crippen LogP contribution in [0.1, 0.15) is 39.9 Å². The summed E-state index contributed by atoms with van der Waals surface area (Å²) in [5.74, 6) is -0.524. The molecule has 3 atom stereocenters. The van der Waals surface area contributed by atoms with Crippen LogP contribution in [0.5, 0.6) is 5.75 Å². The number of anilines is 1. The van der Waals surface area contributed by atoms with Crippen molar-refractivity contribution in [1.29, 1.82) is 0 Å². The molecule has 4 rings (SSSR count). The van der Waals surface area contributed by atoms with Gasteiger partial charge >= 0.3 is 5.97 Å². The van der Waals surface area contributed by atoms with Gasteiger partial charge in [-0.1, -0.05) is 30.4 Å². The standard InChI is InChI=1S/C22H21NO5/c1-27-20(24)12-28-15-8-5-13(6-9-15)21-17-4-2-3-16(17)18-11-14(22(25)26)7-10-19(18)23-21/h2-3,5-11,16-17,21,23H,4,12H2,1H3,(H,25,26)/p-1/t16-,17+,21+/m1/s1. The zero-order valence-corrected chi connectivity index (χ0v) is 15.4. The molecule has 2 aliphatic rings. The number of allylic oxidation sites excluding steroid dienone is 2. The first-order valence-electron chi connectivity index (χ1n) is 9.15. The Morgan fingerprint density at radius 1 is 1.18 bits per heavy atom. The van der Waals surface area contributed by atoms with Gasteiger partial charge in [-0.15, -0.1) is 0 Å². The molecular formula is C22H20NO5-. The fourth-order valence-electron chi connectivity index (χ4n) is 4.02. The Morgan fingerprint density at radius 2 is 1.96 bits per heavy atom. The Morgan fingerprint density at radius 3 is 2.68 bits per heavy atom. The summed E-state index contributed by atoms with van der Waals surface area (Å²) in [6.07, 6.45) is 5.22. The van der Waals surface area contributed by atoms with Gasteiger partial charge in [-0.3, -0.25) is 0 Å². The number of carboxylic acid groups (broad SMARTS) is 1. The van der Waals surface area contributed by atoms with Crippen molar-refractivity contribution in [1.82, 2.24) is 0 Å². The summed E-state index contributed by atoms with van der Waals surface area (Å²) >= 11 is 0. The van der Waals surface area contributed by atoms with E-state index >= 15 is 0 Å². The van der Waals surface area contributed by atoms with E-state index in [9.17, 15) is 14.7 Å². The second-order valence-electron chi connectivity index (χ2n) is 7.00. The summed E-state index contributed by atoms with van der Waals surface area (Å²) in [5.41, 5.74) is 3.24. The van der Waals surface area contributed by atoms with Crippen molar-refractivity contribution >= 4 is 17.6 Å². The summed E-state index contributed by atoms with van der Waals surface area (Å²) in [5, 5.41) is 14.8. The van der Waals surface area contributed by atoms with E-state index in [1.165, 1.54) is 7.11 Å². The molecule has 0 saturated heterocycles. The van der Waals surface area contributed by atoms with Gasteiger partial charge in [0.05, 0.1) is 19.1 Å². The summed E-state index contributed by atoms with van der Waals surface area (Å²) in [4.78, 5) is 22.4. The first kappa shape index (κ1) is 18.1. The second kappa shape index (κ2) is 7.38. The van der Waals surface area contributed by atoms with Crippen LogP contribution in [-0.2, 0) is 9.53 Å². The van der Waals surface area contributed by atoms with E-state index in [0.717, 1.165) is 23.2 Å². The molecule has 2 aromatic carbocycles. The molecule has 0 radical (unpaired) electrons. The van der Waals surface area contributed by atoms with Crippen LogP contribution in [0, 0.1) is 5.92 Å². The third-order valence-electron chi connectivity index (χ3n) is 5.42. The van der Waals surface area contributed by atoms with Crippen LogP contribution in [0.3, 0.4) is 0 Å². The molecule has 1 aliphatic carbocycles. The van der Waals surface area contributed by atoms with E-state index in [1.807, 2.05) is 30.3 Å². The molecular weight excluding hydrogens is 358 g/mol. The van der Waals surface area contributed by atoms with Crippen LogP contribution < -0.4 is 15.2 Å². The predicted molar refractivity (Wildman–Crippen MR) is 101 cm³/mol. The molecule has 0 spiro atoms. The third kappa shape index (κ3) is 3.33. The molecule has 0 fully saturated rings. The number of fused-ring (bicyclic) bond motifs is 3. The highest BCUT2D eigenvalue weighted by molar-refractivity contribution is 5.87. The van der Waals surface area contributed by atoms with Gasteiger partial charge in [-0.25, -0.2) is 4.79 Å². The summed E-state index contributed by atoms with van der Waals surface area (Å²) in [6.45, 7) is -0.125. The minimum Gasteiger partial charge on any atom is -0.545 e. The molecule has 28 heavy (non-hydrogen) atoms. The van der Waals surface area contributed by atoms with Crippen molar-refractivity contribution < 1.29 is 24.2 Å². The van der Waals surface area contributed by atoms with Crippen molar-refractivity contribution in [2.24, 2.45) is 5.92 Å². The molecule has 1 N–H and O–H groups in total. The number of methoxy groups -OCH3 is 1. The highest BCUT2D eigenvalue weighted by Crippen LogP contribution is 2.50. The van der Waals surface area contributed by atoms with Crippen molar-refractivity contribution in [3.63, 3.8) is 0 Å². The number of carbonyl (C=O) groups excluding carboxylic acids is 2. The number of esters is 1. The van der Waals surface area contributed by atoms with Crippen LogP contribution >= 0.6 is 0 Å². The normalized spacial score (nSPS) is 22.0. The molecule has 2 aromatic rings. The maximum atomic E-state index is 11.2. The third-order valence-corrected chi connectivity index (χ3v) is 5.42. The molecule has 1 aliphatic heterocycles. The lowest BCUT2D eigenvalue weighted by atomic mass is 9.76. The van der Waals surface area contributed by atoms with Gasteiger partial charge in [0.25, 0.3) is 0 Å². The largest absolute Gasteiger partial charge is 0.545 e. The number of benzene rings is 2. The monoisotopic (exact) mass is 378 g/mol. The molecule has 0 bridgehead atoms. The number of carboxylic acids is 1. The number of hydrogen-bond acceptors (Lipinski definition) is 6. The fraction of sp³-hybridized carbons (Fsp3) is 0.273. The van der Waals surface area contributed by atoms with Gasteiger partial charge in [0, 0.05) is 11.6 Å². The molecule has 0 amide bonds. The van der Waals surface area contributed by atoms with E-state index in [0.29, 0.717) is 11.7 Å². The molecule has 1 heterocycles. The van der Waals surface area contributed by atoms with Crippen LogP contribution in [-0.4, -0.2) is 25.7 Å². The summed E-state index contributed by atoms with van der Waals surface area (Å²) < 4.78 is 9.98. The number of ether oxygens (including phenoxy) is 2. The number of rotatable bonds is 5. The van der Waals surface area contributed by atoms with Gasteiger partial charge in [0.1, 0.15) is 5.75 Å². The Bertz CT molecular complexity index is 934. The van der Waals surface area contributed by atoms with Crippen LogP contribution in [0.25, 0.3) is 0 Å². The smallest absolute Gasteiger partial charge is 0.343 e. The van der Waals surface area contributed by atoms with Crippen molar-refractivity contribution in [3.05, 3.63) is 71.3 Å². The zero-order chi connectivity index (χ0) is 19.7. The van der Waals surface area contributed by atoms with Crippen molar-refractivity contribution in [2.45, 2.75) is 18.4 Å². The lowest BCUT2D eigenvalue weighted by molar-refractivity contribution is -0.255. The maximum absolute atomic E-state index is 11.2. The molecule has 144 valence electrons. The van der Waals surface area contributed by atoms with E-state index in [2.05, 4.69) is 22.2 Å². The molecule has 0 aromatic heterocycles. The van der Waals surface area contributed by atoms with Gasteiger partial charge < -0.3 is 24.7 Å². The molecule has 0 unspecified atom stereocenters. The Kier molecular flexibility index (Phi) is 4.77. The number of hydrogen-bond donors (Lipinski definition) is 1. The van der Waals surface area contributed by atoms with Gasteiger partial charge in [0.15, 0.2) is 6.61 Å². The fourth-order valence-corrected chi connectivity index (χ4v) is 4.02.